The number of aromatic nitrogens is 2. The van der Waals surface area contributed by atoms with Crippen LogP contribution >= 0.6 is 11.6 Å². The lowest BCUT2D eigenvalue weighted by Crippen LogP contribution is -2.38. The predicted octanol–water partition coefficient (Wildman–Crippen LogP) is 3.82. The fourth-order valence-electron chi connectivity index (χ4n) is 3.61. The van der Waals surface area contributed by atoms with E-state index in [0.29, 0.717) is 22.2 Å². The molecule has 0 saturated carbocycles. The largest absolute Gasteiger partial charge is 0.398 e. The van der Waals surface area contributed by atoms with Gasteiger partial charge in [0.25, 0.3) is 5.91 Å². The van der Waals surface area contributed by atoms with E-state index < -0.39 is 0 Å². The third kappa shape index (κ3) is 2.96. The molecule has 6 heteroatoms. The van der Waals surface area contributed by atoms with Gasteiger partial charge in [0.15, 0.2) is 0 Å². The van der Waals surface area contributed by atoms with E-state index in [9.17, 15) is 4.79 Å². The van der Waals surface area contributed by atoms with Crippen molar-refractivity contribution < 1.29 is 4.79 Å². The highest BCUT2D eigenvalue weighted by Crippen LogP contribution is 2.33. The van der Waals surface area contributed by atoms with Gasteiger partial charge in [0.1, 0.15) is 5.65 Å². The highest BCUT2D eigenvalue weighted by atomic mass is 35.5. The second-order valence-electron chi connectivity index (χ2n) is 6.44. The lowest BCUT2D eigenvalue weighted by atomic mass is 9.89. The highest BCUT2D eigenvalue weighted by molar-refractivity contribution is 6.31. The summed E-state index contributed by atoms with van der Waals surface area (Å²) in [4.78, 5) is 22.2. The van der Waals surface area contributed by atoms with Crippen LogP contribution in [0.3, 0.4) is 0 Å². The number of piperidine rings is 1. The van der Waals surface area contributed by atoms with Crippen LogP contribution in [0.2, 0.25) is 5.02 Å². The van der Waals surface area contributed by atoms with Crippen LogP contribution in [-0.2, 0) is 0 Å². The van der Waals surface area contributed by atoms with E-state index in [1.165, 1.54) is 10.9 Å². The fourth-order valence-corrected chi connectivity index (χ4v) is 3.79. The van der Waals surface area contributed by atoms with E-state index in [2.05, 4.69) is 22.2 Å². The topological polar surface area (TPSA) is 75.0 Å². The molecule has 2 aromatic heterocycles. The van der Waals surface area contributed by atoms with E-state index in [0.717, 1.165) is 31.6 Å². The molecule has 0 bridgehead atoms. The lowest BCUT2D eigenvalue weighted by molar-refractivity contribution is 0.0714. The van der Waals surface area contributed by atoms with Gasteiger partial charge in [0, 0.05) is 41.6 Å². The summed E-state index contributed by atoms with van der Waals surface area (Å²) < 4.78 is 0. The molecular weight excluding hydrogens is 336 g/mol. The van der Waals surface area contributed by atoms with Crippen LogP contribution in [0.4, 0.5) is 5.69 Å². The Morgan fingerprint density at radius 3 is 2.84 bits per heavy atom. The van der Waals surface area contributed by atoms with Crippen molar-refractivity contribution in [3.05, 3.63) is 58.9 Å². The zero-order valence-electron chi connectivity index (χ0n) is 13.7. The third-order valence-electron chi connectivity index (χ3n) is 4.95. The molecule has 1 fully saturated rings. The number of H-pyrrole nitrogens is 1. The van der Waals surface area contributed by atoms with E-state index >= 15 is 0 Å². The van der Waals surface area contributed by atoms with Crippen LogP contribution in [0.15, 0.2) is 42.7 Å². The average Bonchev–Trinajstić information content (AvgIpc) is 3.05. The zero-order valence-corrected chi connectivity index (χ0v) is 14.5. The molecule has 25 heavy (non-hydrogen) atoms. The standard InChI is InChI=1S/C19H19ClN4O/c20-13-3-4-15(17(21)10-13)19(25)24-8-5-12(6-9-24)16-11-23-18-14(16)2-1-7-22-18/h1-4,7,10-12H,5-6,8-9,21H2,(H,22,23). The van der Waals surface area contributed by atoms with Crippen molar-refractivity contribution in [3.8, 4) is 0 Å². The van der Waals surface area contributed by atoms with Crippen LogP contribution in [0, 0.1) is 0 Å². The quantitative estimate of drug-likeness (QED) is 0.687. The molecule has 1 amide bonds. The van der Waals surface area contributed by atoms with Crippen LogP contribution < -0.4 is 5.73 Å². The number of halogens is 1. The summed E-state index contributed by atoms with van der Waals surface area (Å²) in [6, 6.07) is 9.09. The minimum Gasteiger partial charge on any atom is -0.398 e. The minimum absolute atomic E-state index is 0.0202. The lowest BCUT2D eigenvalue weighted by Gasteiger charge is -2.32. The number of fused-ring (bicyclic) bond motifs is 1. The van der Waals surface area contributed by atoms with Crippen molar-refractivity contribution >= 4 is 34.2 Å². The summed E-state index contributed by atoms with van der Waals surface area (Å²) in [6.07, 6.45) is 5.71. The number of nitrogen functional groups attached to an aromatic ring is 1. The van der Waals surface area contributed by atoms with Crippen molar-refractivity contribution in [2.24, 2.45) is 0 Å². The number of amides is 1. The van der Waals surface area contributed by atoms with Gasteiger partial charge < -0.3 is 15.6 Å². The molecule has 1 aliphatic rings. The second-order valence-corrected chi connectivity index (χ2v) is 6.88. The Morgan fingerprint density at radius 1 is 1.28 bits per heavy atom. The number of nitrogens with one attached hydrogen (secondary N) is 1. The SMILES string of the molecule is Nc1cc(Cl)ccc1C(=O)N1CCC(c2c[nH]c3ncccc23)CC1. The smallest absolute Gasteiger partial charge is 0.255 e. The van der Waals surface area contributed by atoms with Gasteiger partial charge in [-0.2, -0.15) is 0 Å². The maximum Gasteiger partial charge on any atom is 0.255 e. The zero-order chi connectivity index (χ0) is 17.4. The Bertz CT molecular complexity index is 928. The first-order chi connectivity index (χ1) is 12.1. The van der Waals surface area contributed by atoms with Crippen molar-refractivity contribution in [1.29, 1.82) is 0 Å². The molecule has 3 heterocycles. The average molecular weight is 355 g/mol. The number of aromatic amines is 1. The number of nitrogens with two attached hydrogens (primary N) is 1. The number of rotatable bonds is 2. The Balaban J connectivity index is 1.49. The van der Waals surface area contributed by atoms with E-state index in [-0.39, 0.29) is 5.91 Å². The molecule has 3 aromatic rings. The van der Waals surface area contributed by atoms with Crippen LogP contribution in [0.25, 0.3) is 11.0 Å². The van der Waals surface area contributed by atoms with E-state index in [1.807, 2.05) is 11.0 Å². The summed E-state index contributed by atoms with van der Waals surface area (Å²) in [5, 5.41) is 1.72. The number of anilines is 1. The van der Waals surface area contributed by atoms with Gasteiger partial charge in [0.2, 0.25) is 0 Å². The van der Waals surface area contributed by atoms with Gasteiger partial charge in [0.05, 0.1) is 5.56 Å². The minimum atomic E-state index is -0.0202. The molecule has 128 valence electrons. The first kappa shape index (κ1) is 16.0. The van der Waals surface area contributed by atoms with Crippen molar-refractivity contribution in [1.82, 2.24) is 14.9 Å². The summed E-state index contributed by atoms with van der Waals surface area (Å²) in [6.45, 7) is 1.44. The Kier molecular flexibility index (Phi) is 4.09. The van der Waals surface area contributed by atoms with Crippen LogP contribution in [-0.4, -0.2) is 33.9 Å². The first-order valence-corrected chi connectivity index (χ1v) is 8.77. The number of benzene rings is 1. The number of nitrogens with zero attached hydrogens (tertiary/aromatic N) is 2. The molecule has 1 aromatic carbocycles. The number of carbonyl (C=O) groups excluding carboxylic acids is 1. The van der Waals surface area contributed by atoms with Crippen molar-refractivity contribution in [2.75, 3.05) is 18.8 Å². The second kappa shape index (κ2) is 6.41. The number of likely N-dealkylation sites (tertiary alicyclic amines) is 1. The Labute approximate surface area is 150 Å². The van der Waals surface area contributed by atoms with E-state index in [1.54, 1.807) is 24.4 Å². The van der Waals surface area contributed by atoms with Gasteiger partial charge in [-0.1, -0.05) is 11.6 Å². The van der Waals surface area contributed by atoms with Gasteiger partial charge in [-0.25, -0.2) is 4.98 Å². The molecule has 5 nitrogen and oxygen atoms in total. The van der Waals surface area contributed by atoms with Crippen LogP contribution in [0.5, 0.6) is 0 Å². The maximum atomic E-state index is 12.7. The Hall–Kier alpha value is -2.53. The van der Waals surface area contributed by atoms with Gasteiger partial charge in [-0.05, 0) is 54.7 Å². The predicted molar refractivity (Wildman–Crippen MR) is 99.8 cm³/mol. The molecule has 1 aliphatic heterocycles. The molecule has 0 unspecified atom stereocenters. The monoisotopic (exact) mass is 354 g/mol. The maximum absolute atomic E-state index is 12.7. The van der Waals surface area contributed by atoms with Gasteiger partial charge >= 0.3 is 0 Å². The number of hydrogen-bond acceptors (Lipinski definition) is 3. The summed E-state index contributed by atoms with van der Waals surface area (Å²) >= 11 is 5.92. The molecule has 0 spiro atoms. The first-order valence-electron chi connectivity index (χ1n) is 8.40. The Morgan fingerprint density at radius 2 is 2.08 bits per heavy atom. The van der Waals surface area contributed by atoms with Crippen molar-refractivity contribution in [2.45, 2.75) is 18.8 Å². The molecule has 0 aliphatic carbocycles. The molecule has 0 atom stereocenters. The normalized spacial score (nSPS) is 15.6. The van der Waals surface area contributed by atoms with Crippen molar-refractivity contribution in [3.63, 3.8) is 0 Å². The molecule has 3 N–H and O–H groups in total. The molecule has 1 saturated heterocycles. The number of hydrogen-bond donors (Lipinski definition) is 2. The number of carbonyl (C=O) groups is 1. The highest BCUT2D eigenvalue weighted by Gasteiger charge is 2.27. The van der Waals surface area contributed by atoms with Gasteiger partial charge in [-0.15, -0.1) is 0 Å². The van der Waals surface area contributed by atoms with E-state index in [4.69, 9.17) is 17.3 Å². The molecule has 0 radical (unpaired) electrons. The third-order valence-corrected chi connectivity index (χ3v) is 5.18. The fraction of sp³-hybridized carbons (Fsp3) is 0.263. The summed E-state index contributed by atoms with van der Waals surface area (Å²) in [7, 11) is 0. The van der Waals surface area contributed by atoms with Crippen LogP contribution in [0.1, 0.15) is 34.7 Å². The van der Waals surface area contributed by atoms with Gasteiger partial charge in [-0.3, -0.25) is 4.79 Å². The number of pyridine rings is 1. The summed E-state index contributed by atoms with van der Waals surface area (Å²) in [5.74, 6) is 0.415. The summed E-state index contributed by atoms with van der Waals surface area (Å²) in [5.41, 5.74) is 9.13. The molecular formula is C19H19ClN4O. The molecule has 4 rings (SSSR count).